The van der Waals surface area contributed by atoms with Gasteiger partial charge in [0.2, 0.25) is 0 Å². The molecule has 3 nitrogen and oxygen atoms in total. The minimum atomic E-state index is -0.357. The van der Waals surface area contributed by atoms with E-state index in [1.165, 1.54) is 17.7 Å². The van der Waals surface area contributed by atoms with Gasteiger partial charge in [0.15, 0.2) is 0 Å². The second kappa shape index (κ2) is 7.26. The number of halogens is 1. The molecule has 0 radical (unpaired) electrons. The molecule has 1 atom stereocenters. The van der Waals surface area contributed by atoms with Crippen molar-refractivity contribution in [2.45, 2.75) is 25.1 Å². The number of nitrogens with one attached hydrogen (secondary N) is 1. The summed E-state index contributed by atoms with van der Waals surface area (Å²) < 4.78 is 13.3. The van der Waals surface area contributed by atoms with E-state index in [2.05, 4.69) is 43.4 Å². The van der Waals surface area contributed by atoms with E-state index in [1.807, 2.05) is 0 Å². The van der Waals surface area contributed by atoms with Crippen LogP contribution >= 0.6 is 11.8 Å². The van der Waals surface area contributed by atoms with Gasteiger partial charge in [0.1, 0.15) is 11.2 Å². The maximum Gasteiger partial charge on any atom is 0.323 e. The summed E-state index contributed by atoms with van der Waals surface area (Å²) in [5, 5.41) is 2.79. The molecule has 5 heteroatoms. The first-order valence-electron chi connectivity index (χ1n) is 8.09. The third-order valence-electron chi connectivity index (χ3n) is 4.12. The Kier molecular flexibility index (Phi) is 5.09. The van der Waals surface area contributed by atoms with Crippen LogP contribution in [0.5, 0.6) is 0 Å². The van der Waals surface area contributed by atoms with Crippen LogP contribution in [-0.4, -0.2) is 23.2 Å². The molecule has 1 aliphatic rings. The van der Waals surface area contributed by atoms with Crippen molar-refractivity contribution < 1.29 is 9.18 Å². The summed E-state index contributed by atoms with van der Waals surface area (Å²) in [6.07, 6.45) is 0. The van der Waals surface area contributed by atoms with Gasteiger partial charge in [-0.15, -0.1) is 11.8 Å². The first-order valence-corrected chi connectivity index (χ1v) is 9.14. The highest BCUT2D eigenvalue weighted by Gasteiger charge is 2.30. The summed E-state index contributed by atoms with van der Waals surface area (Å²) in [4.78, 5) is 14.4. The number of carbonyl (C=O) groups is 1. The predicted octanol–water partition coefficient (Wildman–Crippen LogP) is 5.23. The third kappa shape index (κ3) is 3.73. The fourth-order valence-corrected chi connectivity index (χ4v) is 4.02. The minimum Gasteiger partial charge on any atom is -0.308 e. The smallest absolute Gasteiger partial charge is 0.308 e. The molecule has 2 aromatic carbocycles. The van der Waals surface area contributed by atoms with Crippen LogP contribution in [0.4, 0.5) is 14.9 Å². The van der Waals surface area contributed by atoms with Crippen LogP contribution in [0.25, 0.3) is 0 Å². The molecule has 2 aromatic rings. The molecule has 1 heterocycles. The van der Waals surface area contributed by atoms with Crippen molar-refractivity contribution in [1.29, 1.82) is 0 Å². The number of hydrogen-bond acceptors (Lipinski definition) is 2. The van der Waals surface area contributed by atoms with Crippen molar-refractivity contribution >= 4 is 23.5 Å². The Morgan fingerprint density at radius 2 is 2.00 bits per heavy atom. The van der Waals surface area contributed by atoms with Gasteiger partial charge in [-0.3, -0.25) is 0 Å². The number of amides is 2. The molecule has 1 aliphatic heterocycles. The summed E-state index contributed by atoms with van der Waals surface area (Å²) in [7, 11) is 0. The van der Waals surface area contributed by atoms with Gasteiger partial charge in [-0.2, -0.15) is 0 Å². The van der Waals surface area contributed by atoms with Gasteiger partial charge in [0.05, 0.1) is 0 Å². The van der Waals surface area contributed by atoms with Crippen LogP contribution in [0.2, 0.25) is 0 Å². The minimum absolute atomic E-state index is 0.000212. The average Bonchev–Trinajstić information content (AvgIpc) is 3.04. The molecule has 1 fully saturated rings. The van der Waals surface area contributed by atoms with Gasteiger partial charge in [-0.05, 0) is 35.2 Å². The number of anilines is 1. The molecule has 2 amide bonds. The molecule has 24 heavy (non-hydrogen) atoms. The highest BCUT2D eigenvalue weighted by molar-refractivity contribution is 7.99. The molecule has 1 saturated heterocycles. The molecule has 0 bridgehead atoms. The van der Waals surface area contributed by atoms with Gasteiger partial charge in [0.25, 0.3) is 0 Å². The van der Waals surface area contributed by atoms with Crippen molar-refractivity contribution in [3.8, 4) is 0 Å². The maximum absolute atomic E-state index is 13.3. The van der Waals surface area contributed by atoms with Crippen LogP contribution in [-0.2, 0) is 0 Å². The Hall–Kier alpha value is -2.01. The average molecular weight is 344 g/mol. The first kappa shape index (κ1) is 16.8. The zero-order chi connectivity index (χ0) is 17.1. The molecular weight excluding hydrogens is 323 g/mol. The number of thioether (sulfide) groups is 1. The van der Waals surface area contributed by atoms with Crippen molar-refractivity contribution in [3.63, 3.8) is 0 Å². The lowest BCUT2D eigenvalue weighted by molar-refractivity contribution is 0.214. The number of nitrogens with zero attached hydrogens (tertiary/aromatic N) is 1. The van der Waals surface area contributed by atoms with Crippen LogP contribution in [0.15, 0.2) is 48.5 Å². The van der Waals surface area contributed by atoms with Crippen molar-refractivity contribution in [3.05, 3.63) is 65.5 Å². The molecule has 126 valence electrons. The van der Waals surface area contributed by atoms with Gasteiger partial charge < -0.3 is 10.2 Å². The molecule has 0 aliphatic carbocycles. The van der Waals surface area contributed by atoms with Crippen LogP contribution in [0.1, 0.15) is 36.3 Å². The number of benzene rings is 2. The summed E-state index contributed by atoms with van der Waals surface area (Å²) in [6, 6.07) is 14.2. The molecule has 3 rings (SSSR count). The Bertz CT molecular complexity index is 718. The Morgan fingerprint density at radius 1 is 1.25 bits per heavy atom. The van der Waals surface area contributed by atoms with Crippen molar-refractivity contribution in [2.24, 2.45) is 0 Å². The van der Waals surface area contributed by atoms with Gasteiger partial charge in [0, 0.05) is 18.0 Å². The first-order chi connectivity index (χ1) is 11.5. The molecular formula is C19H21FN2OS. The summed E-state index contributed by atoms with van der Waals surface area (Å²) in [5.74, 6) is 1.03. The molecule has 0 aromatic heterocycles. The Labute approximate surface area is 146 Å². The number of hydrogen-bond donors (Lipinski definition) is 1. The van der Waals surface area contributed by atoms with Crippen LogP contribution in [0.3, 0.4) is 0 Å². The molecule has 0 saturated carbocycles. The Balaban J connectivity index is 1.73. The van der Waals surface area contributed by atoms with E-state index in [4.69, 9.17) is 0 Å². The molecule has 0 unspecified atom stereocenters. The zero-order valence-corrected chi connectivity index (χ0v) is 14.6. The summed E-state index contributed by atoms with van der Waals surface area (Å²) in [5.41, 5.74) is 2.89. The predicted molar refractivity (Wildman–Crippen MR) is 97.9 cm³/mol. The standard InChI is InChI=1S/C19H21FN2OS/c1-13(2)14-6-8-15(9-7-14)18-22(10-11-24-18)19(23)21-17-5-3-4-16(20)12-17/h3-9,12-13,18H,10-11H2,1-2H3,(H,21,23)/t18-/m0/s1. The van der Waals surface area contributed by atoms with E-state index >= 15 is 0 Å². The van der Waals surface area contributed by atoms with Gasteiger partial charge >= 0.3 is 6.03 Å². The third-order valence-corrected chi connectivity index (χ3v) is 5.38. The van der Waals surface area contributed by atoms with E-state index in [1.54, 1.807) is 28.8 Å². The lowest BCUT2D eigenvalue weighted by Gasteiger charge is -2.24. The lowest BCUT2D eigenvalue weighted by Crippen LogP contribution is -2.34. The van der Waals surface area contributed by atoms with Gasteiger partial charge in [-0.1, -0.05) is 44.2 Å². The highest BCUT2D eigenvalue weighted by atomic mass is 32.2. The largest absolute Gasteiger partial charge is 0.323 e. The number of urea groups is 1. The van der Waals surface area contributed by atoms with E-state index in [9.17, 15) is 9.18 Å². The van der Waals surface area contributed by atoms with E-state index in [0.717, 1.165) is 11.3 Å². The molecule has 1 N–H and O–H groups in total. The van der Waals surface area contributed by atoms with Crippen molar-refractivity contribution in [1.82, 2.24) is 4.90 Å². The van der Waals surface area contributed by atoms with E-state index in [0.29, 0.717) is 18.2 Å². The summed E-state index contributed by atoms with van der Waals surface area (Å²) in [6.45, 7) is 5.01. The van der Waals surface area contributed by atoms with E-state index < -0.39 is 0 Å². The van der Waals surface area contributed by atoms with Crippen LogP contribution < -0.4 is 5.32 Å². The number of rotatable bonds is 3. The van der Waals surface area contributed by atoms with E-state index in [-0.39, 0.29) is 17.2 Å². The Morgan fingerprint density at radius 3 is 2.67 bits per heavy atom. The fraction of sp³-hybridized carbons (Fsp3) is 0.316. The monoisotopic (exact) mass is 344 g/mol. The van der Waals surface area contributed by atoms with Crippen molar-refractivity contribution in [2.75, 3.05) is 17.6 Å². The SMILES string of the molecule is CC(C)c1ccc([C@@H]2SCCN2C(=O)Nc2cccc(F)c2)cc1. The molecule has 0 spiro atoms. The fourth-order valence-electron chi connectivity index (χ4n) is 2.76. The second-order valence-corrected chi connectivity index (χ2v) is 7.37. The quantitative estimate of drug-likeness (QED) is 0.827. The normalized spacial score (nSPS) is 17.3. The van der Waals surface area contributed by atoms with Crippen LogP contribution in [0, 0.1) is 5.82 Å². The number of carbonyl (C=O) groups excluding carboxylic acids is 1. The van der Waals surface area contributed by atoms with Gasteiger partial charge in [-0.25, -0.2) is 9.18 Å². The maximum atomic E-state index is 13.3. The highest BCUT2D eigenvalue weighted by Crippen LogP contribution is 2.38. The topological polar surface area (TPSA) is 32.3 Å². The lowest BCUT2D eigenvalue weighted by atomic mass is 10.0. The summed E-state index contributed by atoms with van der Waals surface area (Å²) >= 11 is 1.75. The zero-order valence-electron chi connectivity index (χ0n) is 13.8. The second-order valence-electron chi connectivity index (χ2n) is 6.18.